The first-order chi connectivity index (χ1) is 14.4. The van der Waals surface area contributed by atoms with Crippen molar-refractivity contribution in [3.05, 3.63) is 59.2 Å². The maximum absolute atomic E-state index is 12.5. The Bertz CT molecular complexity index is 866. The molecule has 1 atom stereocenters. The number of para-hydroxylation sites is 1. The number of nitrogens with one attached hydrogen (secondary N) is 2. The van der Waals surface area contributed by atoms with Crippen LogP contribution >= 0.6 is 0 Å². The summed E-state index contributed by atoms with van der Waals surface area (Å²) in [6.45, 7) is 6.25. The molecule has 0 radical (unpaired) electrons. The molecule has 6 heteroatoms. The summed E-state index contributed by atoms with van der Waals surface area (Å²) in [7, 11) is 4.03. The Morgan fingerprint density at radius 3 is 2.13 bits per heavy atom. The van der Waals surface area contributed by atoms with Crippen LogP contribution in [0.4, 0.5) is 11.4 Å². The predicted molar refractivity (Wildman–Crippen MR) is 122 cm³/mol. The van der Waals surface area contributed by atoms with Gasteiger partial charge in [0.15, 0.2) is 0 Å². The second-order valence-corrected chi connectivity index (χ2v) is 8.18. The molecule has 0 saturated carbocycles. The van der Waals surface area contributed by atoms with Crippen molar-refractivity contribution in [2.75, 3.05) is 43.9 Å². The molecule has 2 aromatic carbocycles. The van der Waals surface area contributed by atoms with Gasteiger partial charge >= 0.3 is 11.8 Å². The zero-order valence-electron chi connectivity index (χ0n) is 18.4. The molecule has 1 unspecified atom stereocenters. The topological polar surface area (TPSA) is 64.7 Å². The average molecular weight is 409 g/mol. The van der Waals surface area contributed by atoms with Gasteiger partial charge in [0, 0.05) is 32.0 Å². The lowest BCUT2D eigenvalue weighted by molar-refractivity contribution is -0.136. The Hall–Kier alpha value is -2.86. The standard InChI is InChI=1S/C24H32N4O2/c1-17-8-7-9-18(2)22(17)26-24(30)23(29)25-16-21(28-14-5-6-15-28)19-10-12-20(13-11-19)27(3)4/h7-13,21H,5-6,14-16H2,1-4H3,(H,25,29)(H,26,30). The van der Waals surface area contributed by atoms with Gasteiger partial charge in [-0.1, -0.05) is 30.3 Å². The number of carbonyl (C=O) groups is 2. The van der Waals surface area contributed by atoms with Crippen molar-refractivity contribution in [3.63, 3.8) is 0 Å². The van der Waals surface area contributed by atoms with Crippen LogP contribution in [0.25, 0.3) is 0 Å². The zero-order chi connectivity index (χ0) is 21.7. The van der Waals surface area contributed by atoms with Crippen LogP contribution in [-0.4, -0.2) is 50.4 Å². The van der Waals surface area contributed by atoms with Gasteiger partial charge in [0.25, 0.3) is 0 Å². The molecule has 1 saturated heterocycles. The van der Waals surface area contributed by atoms with Crippen molar-refractivity contribution < 1.29 is 9.59 Å². The number of amides is 2. The van der Waals surface area contributed by atoms with E-state index in [4.69, 9.17) is 0 Å². The van der Waals surface area contributed by atoms with E-state index in [2.05, 4.69) is 44.7 Å². The lowest BCUT2D eigenvalue weighted by Crippen LogP contribution is -2.41. The van der Waals surface area contributed by atoms with Crippen LogP contribution in [0.15, 0.2) is 42.5 Å². The highest BCUT2D eigenvalue weighted by molar-refractivity contribution is 6.39. The first kappa shape index (κ1) is 21.8. The number of rotatable bonds is 6. The van der Waals surface area contributed by atoms with Crippen LogP contribution in [0.2, 0.25) is 0 Å². The second-order valence-electron chi connectivity index (χ2n) is 8.18. The monoisotopic (exact) mass is 408 g/mol. The minimum Gasteiger partial charge on any atom is -0.378 e. The number of benzene rings is 2. The highest BCUT2D eigenvalue weighted by Crippen LogP contribution is 2.26. The number of hydrogen-bond acceptors (Lipinski definition) is 4. The molecule has 1 aliphatic rings. The quantitative estimate of drug-likeness (QED) is 0.720. The highest BCUT2D eigenvalue weighted by Gasteiger charge is 2.25. The van der Waals surface area contributed by atoms with E-state index in [9.17, 15) is 9.59 Å². The van der Waals surface area contributed by atoms with E-state index >= 15 is 0 Å². The fourth-order valence-corrected chi connectivity index (χ4v) is 3.96. The molecule has 6 nitrogen and oxygen atoms in total. The fraction of sp³-hybridized carbons (Fsp3) is 0.417. The van der Waals surface area contributed by atoms with Crippen molar-refractivity contribution in [2.45, 2.75) is 32.7 Å². The van der Waals surface area contributed by atoms with Crippen molar-refractivity contribution >= 4 is 23.2 Å². The molecule has 0 aliphatic carbocycles. The summed E-state index contributed by atoms with van der Waals surface area (Å²) in [5.41, 5.74) is 4.86. The van der Waals surface area contributed by atoms with Gasteiger partial charge in [-0.2, -0.15) is 0 Å². The van der Waals surface area contributed by atoms with Crippen LogP contribution in [0.3, 0.4) is 0 Å². The first-order valence-corrected chi connectivity index (χ1v) is 10.5. The van der Waals surface area contributed by atoms with Crippen LogP contribution in [-0.2, 0) is 9.59 Å². The van der Waals surface area contributed by atoms with Crippen molar-refractivity contribution in [2.24, 2.45) is 0 Å². The van der Waals surface area contributed by atoms with E-state index in [1.807, 2.05) is 46.1 Å². The highest BCUT2D eigenvalue weighted by atomic mass is 16.2. The Morgan fingerprint density at radius 2 is 1.57 bits per heavy atom. The van der Waals surface area contributed by atoms with Gasteiger partial charge in [-0.05, 0) is 68.6 Å². The van der Waals surface area contributed by atoms with Crippen molar-refractivity contribution in [1.82, 2.24) is 10.2 Å². The number of anilines is 2. The molecule has 2 aromatic rings. The van der Waals surface area contributed by atoms with E-state index in [1.54, 1.807) is 0 Å². The molecule has 160 valence electrons. The van der Waals surface area contributed by atoms with E-state index < -0.39 is 11.8 Å². The summed E-state index contributed by atoms with van der Waals surface area (Å²) >= 11 is 0. The lowest BCUT2D eigenvalue weighted by atomic mass is 10.0. The van der Waals surface area contributed by atoms with E-state index in [0.717, 1.165) is 48.3 Å². The summed E-state index contributed by atoms with van der Waals surface area (Å²) in [6.07, 6.45) is 2.32. The molecule has 1 aliphatic heterocycles. The smallest absolute Gasteiger partial charge is 0.313 e. The molecular formula is C24H32N4O2. The SMILES string of the molecule is Cc1cccc(C)c1NC(=O)C(=O)NCC(c1ccc(N(C)C)cc1)N1CCCC1. The van der Waals surface area contributed by atoms with Gasteiger partial charge in [-0.3, -0.25) is 14.5 Å². The second kappa shape index (κ2) is 9.76. The molecule has 30 heavy (non-hydrogen) atoms. The third-order valence-corrected chi connectivity index (χ3v) is 5.76. The maximum atomic E-state index is 12.5. The third kappa shape index (κ3) is 5.19. The van der Waals surface area contributed by atoms with Crippen LogP contribution in [0.5, 0.6) is 0 Å². The summed E-state index contributed by atoms with van der Waals surface area (Å²) < 4.78 is 0. The molecule has 2 N–H and O–H groups in total. The predicted octanol–water partition coefficient (Wildman–Crippen LogP) is 3.26. The summed E-state index contributed by atoms with van der Waals surface area (Å²) in [5, 5.41) is 5.61. The van der Waals surface area contributed by atoms with Gasteiger partial charge < -0.3 is 15.5 Å². The fourth-order valence-electron chi connectivity index (χ4n) is 3.96. The van der Waals surface area contributed by atoms with E-state index in [1.165, 1.54) is 0 Å². The lowest BCUT2D eigenvalue weighted by Gasteiger charge is -2.28. The first-order valence-electron chi connectivity index (χ1n) is 10.5. The van der Waals surface area contributed by atoms with Crippen LogP contribution in [0.1, 0.15) is 35.6 Å². The Balaban J connectivity index is 1.67. The van der Waals surface area contributed by atoms with Gasteiger partial charge in [-0.15, -0.1) is 0 Å². The minimum absolute atomic E-state index is 0.0562. The van der Waals surface area contributed by atoms with Crippen molar-refractivity contribution in [1.29, 1.82) is 0 Å². The van der Waals surface area contributed by atoms with Gasteiger partial charge in [0.2, 0.25) is 0 Å². The van der Waals surface area contributed by atoms with Gasteiger partial charge in [0.05, 0.1) is 6.04 Å². The normalized spacial score (nSPS) is 14.9. The number of aryl methyl sites for hydroxylation is 2. The number of nitrogens with zero attached hydrogens (tertiary/aromatic N) is 2. The number of hydrogen-bond donors (Lipinski definition) is 2. The van der Waals surface area contributed by atoms with Gasteiger partial charge in [-0.25, -0.2) is 0 Å². The molecule has 1 heterocycles. The Kier molecular flexibility index (Phi) is 7.11. The molecule has 1 fully saturated rings. The molecule has 0 bridgehead atoms. The summed E-state index contributed by atoms with van der Waals surface area (Å²) in [6, 6.07) is 14.2. The molecule has 0 aromatic heterocycles. The molecule has 0 spiro atoms. The van der Waals surface area contributed by atoms with Crippen LogP contribution in [0, 0.1) is 13.8 Å². The zero-order valence-corrected chi connectivity index (χ0v) is 18.4. The number of likely N-dealkylation sites (tertiary alicyclic amines) is 1. The minimum atomic E-state index is -0.629. The Labute approximate surface area is 179 Å². The largest absolute Gasteiger partial charge is 0.378 e. The van der Waals surface area contributed by atoms with E-state index in [-0.39, 0.29) is 6.04 Å². The maximum Gasteiger partial charge on any atom is 0.313 e. The van der Waals surface area contributed by atoms with Gasteiger partial charge in [0.1, 0.15) is 0 Å². The van der Waals surface area contributed by atoms with E-state index in [0.29, 0.717) is 12.2 Å². The third-order valence-electron chi connectivity index (χ3n) is 5.76. The Morgan fingerprint density at radius 1 is 0.967 bits per heavy atom. The van der Waals surface area contributed by atoms with Crippen LogP contribution < -0.4 is 15.5 Å². The molecule has 3 rings (SSSR count). The average Bonchev–Trinajstić information content (AvgIpc) is 3.25. The molecular weight excluding hydrogens is 376 g/mol. The van der Waals surface area contributed by atoms with Crippen molar-refractivity contribution in [3.8, 4) is 0 Å². The summed E-state index contributed by atoms with van der Waals surface area (Å²) in [5.74, 6) is -1.23. The molecule has 2 amide bonds. The number of carbonyl (C=O) groups excluding carboxylic acids is 2. The summed E-state index contributed by atoms with van der Waals surface area (Å²) in [4.78, 5) is 29.4.